The number of halogens is 2. The van der Waals surface area contributed by atoms with E-state index in [4.69, 9.17) is 16.3 Å². The van der Waals surface area contributed by atoms with E-state index < -0.39 is 32.7 Å². The first kappa shape index (κ1) is 23.1. The van der Waals surface area contributed by atoms with Gasteiger partial charge in [-0.05, 0) is 36.2 Å². The zero-order chi connectivity index (χ0) is 21.8. The number of rotatable bonds is 8. The van der Waals surface area contributed by atoms with E-state index in [0.717, 1.165) is 12.1 Å². The van der Waals surface area contributed by atoms with Gasteiger partial charge in [-0.2, -0.15) is 4.72 Å². The molecule has 2 rings (SSSR count). The molecule has 0 unspecified atom stereocenters. The Morgan fingerprint density at radius 2 is 1.90 bits per heavy atom. The van der Waals surface area contributed by atoms with E-state index >= 15 is 0 Å². The van der Waals surface area contributed by atoms with Gasteiger partial charge < -0.3 is 9.64 Å². The van der Waals surface area contributed by atoms with Crippen molar-refractivity contribution in [2.24, 2.45) is 5.92 Å². The lowest BCUT2D eigenvalue weighted by molar-refractivity contribution is -0.133. The lowest BCUT2D eigenvalue weighted by Crippen LogP contribution is -2.50. The molecule has 0 heterocycles. The largest absolute Gasteiger partial charge is 0.496 e. The fraction of sp³-hybridized carbons (Fsp3) is 0.350. The number of hydrogen-bond acceptors (Lipinski definition) is 4. The number of carbonyl (C=O) groups excluding carboxylic acids is 1. The van der Waals surface area contributed by atoms with Crippen LogP contribution in [0, 0.1) is 11.7 Å². The molecule has 6 nitrogen and oxygen atoms in total. The molecule has 0 bridgehead atoms. The molecular formula is C20H24ClFN2O4S. The van der Waals surface area contributed by atoms with Gasteiger partial charge in [0.2, 0.25) is 15.9 Å². The average molecular weight is 443 g/mol. The third-order valence-electron chi connectivity index (χ3n) is 4.37. The monoisotopic (exact) mass is 442 g/mol. The number of nitrogens with zero attached hydrogens (tertiary/aromatic N) is 1. The van der Waals surface area contributed by atoms with Crippen molar-refractivity contribution in [3.63, 3.8) is 0 Å². The highest BCUT2D eigenvalue weighted by molar-refractivity contribution is 7.89. The van der Waals surface area contributed by atoms with Gasteiger partial charge in [0.25, 0.3) is 0 Å². The van der Waals surface area contributed by atoms with E-state index in [9.17, 15) is 17.6 Å². The SMILES string of the molecule is COc1ccc(Cl)cc1CN(C)C(=O)[C@@H](NS(=O)(=O)c1ccccc1F)C(C)C. The minimum Gasteiger partial charge on any atom is -0.496 e. The van der Waals surface area contributed by atoms with Crippen molar-refractivity contribution in [3.8, 4) is 5.75 Å². The lowest BCUT2D eigenvalue weighted by atomic mass is 10.0. The maximum absolute atomic E-state index is 14.0. The molecule has 0 aliphatic rings. The van der Waals surface area contributed by atoms with Gasteiger partial charge in [0.15, 0.2) is 0 Å². The van der Waals surface area contributed by atoms with Crippen molar-refractivity contribution in [2.75, 3.05) is 14.2 Å². The van der Waals surface area contributed by atoms with Gasteiger partial charge in [-0.15, -0.1) is 0 Å². The topological polar surface area (TPSA) is 75.7 Å². The van der Waals surface area contributed by atoms with Gasteiger partial charge in [-0.3, -0.25) is 4.79 Å². The number of methoxy groups -OCH3 is 1. The summed E-state index contributed by atoms with van der Waals surface area (Å²) < 4.78 is 46.9. The van der Waals surface area contributed by atoms with E-state index in [-0.39, 0.29) is 12.5 Å². The molecule has 0 fully saturated rings. The molecule has 9 heteroatoms. The summed E-state index contributed by atoms with van der Waals surface area (Å²) >= 11 is 6.03. The molecule has 1 atom stereocenters. The van der Waals surface area contributed by atoms with Gasteiger partial charge in [0.05, 0.1) is 7.11 Å². The Hall–Kier alpha value is -2.16. The van der Waals surface area contributed by atoms with Crippen molar-refractivity contribution in [1.82, 2.24) is 9.62 Å². The van der Waals surface area contributed by atoms with Crippen LogP contribution in [0.25, 0.3) is 0 Å². The molecule has 1 N–H and O–H groups in total. The van der Waals surface area contributed by atoms with Crippen LogP contribution in [0.15, 0.2) is 47.4 Å². The first-order valence-corrected chi connectivity index (χ1v) is 10.8. The van der Waals surface area contributed by atoms with Gasteiger partial charge in [-0.1, -0.05) is 37.6 Å². The molecule has 29 heavy (non-hydrogen) atoms. The molecule has 0 radical (unpaired) electrons. The molecule has 0 spiro atoms. The van der Waals surface area contributed by atoms with Crippen molar-refractivity contribution < 1.29 is 22.3 Å². The van der Waals surface area contributed by atoms with Crippen LogP contribution in [-0.4, -0.2) is 39.4 Å². The zero-order valence-electron chi connectivity index (χ0n) is 16.6. The summed E-state index contributed by atoms with van der Waals surface area (Å²) in [5.74, 6) is -1.15. The van der Waals surface area contributed by atoms with Crippen LogP contribution in [0.3, 0.4) is 0 Å². The van der Waals surface area contributed by atoms with Crippen LogP contribution in [-0.2, 0) is 21.4 Å². The van der Waals surface area contributed by atoms with Crippen LogP contribution in [0.2, 0.25) is 5.02 Å². The highest BCUT2D eigenvalue weighted by atomic mass is 35.5. The first-order valence-electron chi connectivity index (χ1n) is 8.91. The van der Waals surface area contributed by atoms with E-state index in [1.165, 1.54) is 24.1 Å². The van der Waals surface area contributed by atoms with E-state index in [2.05, 4.69) is 4.72 Å². The third kappa shape index (κ3) is 5.68. The van der Waals surface area contributed by atoms with Crippen LogP contribution >= 0.6 is 11.6 Å². The molecule has 1 amide bonds. The molecule has 0 aliphatic carbocycles. The molecule has 0 aromatic heterocycles. The maximum Gasteiger partial charge on any atom is 0.244 e. The molecule has 0 saturated heterocycles. The smallest absolute Gasteiger partial charge is 0.244 e. The molecular weight excluding hydrogens is 419 g/mol. The Balaban J connectivity index is 2.25. The predicted molar refractivity (Wildman–Crippen MR) is 110 cm³/mol. The Labute approximate surface area is 175 Å². The van der Waals surface area contributed by atoms with Crippen molar-refractivity contribution >= 4 is 27.5 Å². The fourth-order valence-corrected chi connectivity index (χ4v) is 4.42. The number of nitrogens with one attached hydrogen (secondary N) is 1. The van der Waals surface area contributed by atoms with Gasteiger partial charge in [-0.25, -0.2) is 12.8 Å². The Kier molecular flexibility index (Phi) is 7.62. The normalized spacial score (nSPS) is 12.7. The second-order valence-corrected chi connectivity index (χ2v) is 9.04. The van der Waals surface area contributed by atoms with Crippen LogP contribution < -0.4 is 9.46 Å². The Morgan fingerprint density at radius 3 is 2.48 bits per heavy atom. The summed E-state index contributed by atoms with van der Waals surface area (Å²) in [6.45, 7) is 3.58. The summed E-state index contributed by atoms with van der Waals surface area (Å²) in [5.41, 5.74) is 0.676. The number of sulfonamides is 1. The highest BCUT2D eigenvalue weighted by Crippen LogP contribution is 2.24. The molecule has 158 valence electrons. The van der Waals surface area contributed by atoms with Gasteiger partial charge in [0.1, 0.15) is 22.5 Å². The van der Waals surface area contributed by atoms with E-state index in [1.54, 1.807) is 39.1 Å². The summed E-state index contributed by atoms with van der Waals surface area (Å²) in [6.07, 6.45) is 0. The lowest BCUT2D eigenvalue weighted by Gasteiger charge is -2.27. The summed E-state index contributed by atoms with van der Waals surface area (Å²) in [5, 5.41) is 0.488. The number of ether oxygens (including phenoxy) is 1. The number of benzene rings is 2. The van der Waals surface area contributed by atoms with E-state index in [1.807, 2.05) is 0 Å². The highest BCUT2D eigenvalue weighted by Gasteiger charge is 2.31. The summed E-state index contributed by atoms with van der Waals surface area (Å²) in [7, 11) is -1.17. The number of amides is 1. The zero-order valence-corrected chi connectivity index (χ0v) is 18.2. The second kappa shape index (κ2) is 9.56. The fourth-order valence-electron chi connectivity index (χ4n) is 2.81. The van der Waals surface area contributed by atoms with E-state index in [0.29, 0.717) is 16.3 Å². The van der Waals surface area contributed by atoms with Gasteiger partial charge >= 0.3 is 0 Å². The quantitative estimate of drug-likeness (QED) is 0.679. The average Bonchev–Trinajstić information content (AvgIpc) is 2.65. The van der Waals surface area contributed by atoms with Crippen LogP contribution in [0.5, 0.6) is 5.75 Å². The molecule has 0 saturated carbocycles. The predicted octanol–water partition coefficient (Wildman–Crippen LogP) is 3.45. The third-order valence-corrected chi connectivity index (χ3v) is 6.08. The number of carbonyl (C=O) groups is 1. The minimum absolute atomic E-state index is 0.160. The molecule has 2 aromatic rings. The number of likely N-dealkylation sites (N-methyl/N-ethyl adjacent to an activating group) is 1. The second-order valence-electron chi connectivity index (χ2n) is 6.92. The van der Waals surface area contributed by atoms with Gasteiger partial charge in [0, 0.05) is 24.2 Å². The Bertz CT molecular complexity index is 982. The molecule has 2 aromatic carbocycles. The summed E-state index contributed by atoms with van der Waals surface area (Å²) in [6, 6.07) is 8.99. The van der Waals surface area contributed by atoms with Crippen molar-refractivity contribution in [1.29, 1.82) is 0 Å². The van der Waals surface area contributed by atoms with Crippen molar-refractivity contribution in [3.05, 3.63) is 58.9 Å². The Morgan fingerprint density at radius 1 is 1.24 bits per heavy atom. The standard InChI is InChI=1S/C20H24ClFN2O4S/c1-13(2)19(23-29(26,27)18-8-6-5-7-16(18)22)20(25)24(3)12-14-11-15(21)9-10-17(14)28-4/h5-11,13,19,23H,12H2,1-4H3/t19-/m0/s1. The van der Waals surface area contributed by atoms with Crippen LogP contribution in [0.1, 0.15) is 19.4 Å². The number of hydrogen-bond donors (Lipinski definition) is 1. The first-order chi connectivity index (χ1) is 13.6. The van der Waals surface area contributed by atoms with Crippen molar-refractivity contribution in [2.45, 2.75) is 31.3 Å². The molecule has 0 aliphatic heterocycles. The van der Waals surface area contributed by atoms with Crippen LogP contribution in [0.4, 0.5) is 4.39 Å². The maximum atomic E-state index is 14.0. The minimum atomic E-state index is -4.22. The summed E-state index contributed by atoms with van der Waals surface area (Å²) in [4.78, 5) is 13.9.